The van der Waals surface area contributed by atoms with Crippen LogP contribution in [0, 0.1) is 34.9 Å². The number of benzene rings is 2. The lowest BCUT2D eigenvalue weighted by molar-refractivity contribution is 0.381. The number of hydrogen-bond donors (Lipinski definition) is 1. The van der Waals surface area contributed by atoms with Crippen molar-refractivity contribution in [3.8, 4) is 0 Å². The summed E-state index contributed by atoms with van der Waals surface area (Å²) in [5.74, 6) is -10.6. The fourth-order valence-electron chi connectivity index (χ4n) is 1.78. The van der Waals surface area contributed by atoms with Crippen LogP contribution in [0.2, 0.25) is 0 Å². The Morgan fingerprint density at radius 2 is 1.33 bits per heavy atom. The second-order valence-electron chi connectivity index (χ2n) is 4.25. The number of rotatable bonds is 4. The van der Waals surface area contributed by atoms with E-state index in [1.54, 1.807) is 6.07 Å². The maximum absolute atomic E-state index is 13.3. The minimum absolute atomic E-state index is 0.123. The molecule has 0 heterocycles. The van der Waals surface area contributed by atoms with Crippen molar-refractivity contribution in [1.82, 2.24) is 0 Å². The molecular formula is C14H9F6N. The zero-order valence-corrected chi connectivity index (χ0v) is 10.5. The van der Waals surface area contributed by atoms with Gasteiger partial charge in [0.25, 0.3) is 0 Å². The van der Waals surface area contributed by atoms with Crippen LogP contribution in [0.15, 0.2) is 24.3 Å². The average Bonchev–Trinajstić information content (AvgIpc) is 2.47. The lowest BCUT2D eigenvalue weighted by Crippen LogP contribution is -2.12. The van der Waals surface area contributed by atoms with E-state index in [9.17, 15) is 26.3 Å². The molecule has 0 bridgehead atoms. The van der Waals surface area contributed by atoms with Crippen molar-refractivity contribution in [2.24, 2.45) is 0 Å². The molecule has 112 valence electrons. The molecule has 0 fully saturated rings. The van der Waals surface area contributed by atoms with Gasteiger partial charge < -0.3 is 5.32 Å². The lowest BCUT2D eigenvalue weighted by atomic mass is 10.1. The van der Waals surface area contributed by atoms with E-state index in [-0.39, 0.29) is 13.0 Å². The van der Waals surface area contributed by atoms with Crippen LogP contribution in [-0.4, -0.2) is 6.54 Å². The Morgan fingerprint density at radius 1 is 0.762 bits per heavy atom. The van der Waals surface area contributed by atoms with Gasteiger partial charge >= 0.3 is 0 Å². The Balaban J connectivity index is 2.14. The highest BCUT2D eigenvalue weighted by Gasteiger charge is 2.25. The Hall–Kier alpha value is -2.18. The van der Waals surface area contributed by atoms with E-state index in [1.807, 2.05) is 0 Å². The molecule has 2 aromatic rings. The lowest BCUT2D eigenvalue weighted by Gasteiger charge is -2.10. The molecule has 2 rings (SSSR count). The molecule has 0 atom stereocenters. The van der Waals surface area contributed by atoms with Gasteiger partial charge in [0, 0.05) is 6.54 Å². The highest BCUT2D eigenvalue weighted by molar-refractivity contribution is 5.47. The van der Waals surface area contributed by atoms with Crippen LogP contribution in [0.3, 0.4) is 0 Å². The van der Waals surface area contributed by atoms with E-state index in [0.29, 0.717) is 5.56 Å². The molecule has 0 aliphatic carbocycles. The highest BCUT2D eigenvalue weighted by Crippen LogP contribution is 2.27. The fourth-order valence-corrected chi connectivity index (χ4v) is 1.78. The molecule has 0 unspecified atom stereocenters. The van der Waals surface area contributed by atoms with E-state index in [1.165, 1.54) is 18.2 Å². The summed E-state index contributed by atoms with van der Waals surface area (Å²) in [6, 6.07) is 5.45. The van der Waals surface area contributed by atoms with Gasteiger partial charge in [-0.15, -0.1) is 0 Å². The monoisotopic (exact) mass is 305 g/mol. The highest BCUT2D eigenvalue weighted by atomic mass is 19.2. The smallest absolute Gasteiger partial charge is 0.200 e. The number of halogens is 6. The molecule has 1 nitrogen and oxygen atoms in total. The van der Waals surface area contributed by atoms with Gasteiger partial charge in [0.15, 0.2) is 23.3 Å². The zero-order valence-electron chi connectivity index (χ0n) is 10.5. The van der Waals surface area contributed by atoms with Crippen molar-refractivity contribution in [3.05, 3.63) is 64.7 Å². The van der Waals surface area contributed by atoms with E-state index >= 15 is 0 Å². The second-order valence-corrected chi connectivity index (χ2v) is 4.25. The number of hydrogen-bond acceptors (Lipinski definition) is 1. The molecule has 7 heteroatoms. The molecule has 0 spiro atoms. The Morgan fingerprint density at radius 3 is 1.90 bits per heavy atom. The molecule has 2 aromatic carbocycles. The van der Waals surface area contributed by atoms with Crippen LogP contribution in [0.25, 0.3) is 0 Å². The first-order chi connectivity index (χ1) is 9.91. The topological polar surface area (TPSA) is 12.0 Å². The van der Waals surface area contributed by atoms with Crippen LogP contribution in [-0.2, 0) is 6.42 Å². The van der Waals surface area contributed by atoms with E-state index in [4.69, 9.17) is 0 Å². The molecule has 0 saturated carbocycles. The van der Waals surface area contributed by atoms with E-state index in [0.717, 1.165) is 0 Å². The van der Waals surface area contributed by atoms with Crippen molar-refractivity contribution < 1.29 is 26.3 Å². The Bertz CT molecular complexity index is 642. The van der Waals surface area contributed by atoms with Crippen LogP contribution < -0.4 is 5.32 Å². The Kier molecular flexibility index (Phi) is 4.40. The molecule has 0 aromatic heterocycles. The van der Waals surface area contributed by atoms with Gasteiger partial charge in [0.1, 0.15) is 11.5 Å². The molecule has 0 amide bonds. The average molecular weight is 305 g/mol. The second kappa shape index (κ2) is 6.07. The maximum Gasteiger partial charge on any atom is 0.200 e. The summed E-state index contributed by atoms with van der Waals surface area (Å²) in [6.07, 6.45) is 0.150. The van der Waals surface area contributed by atoms with Gasteiger partial charge in [0.2, 0.25) is 5.82 Å². The van der Waals surface area contributed by atoms with Crippen molar-refractivity contribution in [1.29, 1.82) is 0 Å². The summed E-state index contributed by atoms with van der Waals surface area (Å²) in [5.41, 5.74) is -0.575. The maximum atomic E-state index is 13.3. The summed E-state index contributed by atoms with van der Waals surface area (Å²) in [7, 11) is 0. The van der Waals surface area contributed by atoms with Gasteiger partial charge in [-0.1, -0.05) is 12.1 Å². The molecule has 0 aliphatic heterocycles. The normalized spacial score (nSPS) is 10.8. The van der Waals surface area contributed by atoms with Crippen molar-refractivity contribution in [2.75, 3.05) is 11.9 Å². The minimum Gasteiger partial charge on any atom is -0.380 e. The van der Waals surface area contributed by atoms with E-state index in [2.05, 4.69) is 5.32 Å². The first-order valence-corrected chi connectivity index (χ1v) is 5.91. The predicted octanol–water partition coefficient (Wildman–Crippen LogP) is 4.18. The predicted molar refractivity (Wildman–Crippen MR) is 64.8 cm³/mol. The van der Waals surface area contributed by atoms with Crippen LogP contribution >= 0.6 is 0 Å². The fraction of sp³-hybridized carbons (Fsp3) is 0.143. The standard InChI is InChI=1S/C14H9F6N/c15-8-3-1-2-7(6-8)4-5-21-14-12(19)10(17)9(16)11(18)13(14)20/h1-3,6,21H,4-5H2. The first-order valence-electron chi connectivity index (χ1n) is 5.91. The molecular weight excluding hydrogens is 296 g/mol. The molecule has 0 saturated heterocycles. The van der Waals surface area contributed by atoms with Crippen LogP contribution in [0.4, 0.5) is 32.0 Å². The Labute approximate surface area is 116 Å². The first kappa shape index (κ1) is 15.2. The van der Waals surface area contributed by atoms with Gasteiger partial charge in [-0.3, -0.25) is 0 Å². The molecule has 21 heavy (non-hydrogen) atoms. The SMILES string of the molecule is Fc1cccc(CCNc2c(F)c(F)c(F)c(F)c2F)c1. The third kappa shape index (κ3) is 3.12. The summed E-state index contributed by atoms with van der Waals surface area (Å²) < 4.78 is 78.4. The zero-order chi connectivity index (χ0) is 15.6. The molecule has 0 aliphatic rings. The van der Waals surface area contributed by atoms with Crippen molar-refractivity contribution in [3.63, 3.8) is 0 Å². The van der Waals surface area contributed by atoms with E-state index < -0.39 is 40.6 Å². The van der Waals surface area contributed by atoms with Gasteiger partial charge in [-0.25, -0.2) is 26.3 Å². The number of nitrogens with one attached hydrogen (secondary N) is 1. The summed E-state index contributed by atoms with van der Waals surface area (Å²) in [4.78, 5) is 0. The third-order valence-electron chi connectivity index (χ3n) is 2.81. The van der Waals surface area contributed by atoms with Crippen molar-refractivity contribution >= 4 is 5.69 Å². The largest absolute Gasteiger partial charge is 0.380 e. The summed E-state index contributed by atoms with van der Waals surface area (Å²) >= 11 is 0. The van der Waals surface area contributed by atoms with Crippen LogP contribution in [0.1, 0.15) is 5.56 Å². The minimum atomic E-state index is -2.21. The quantitative estimate of drug-likeness (QED) is 0.508. The van der Waals surface area contributed by atoms with Gasteiger partial charge in [0.05, 0.1) is 0 Å². The molecule has 1 N–H and O–H groups in total. The number of anilines is 1. The van der Waals surface area contributed by atoms with Gasteiger partial charge in [-0.2, -0.15) is 0 Å². The molecule has 0 radical (unpaired) electrons. The van der Waals surface area contributed by atoms with Gasteiger partial charge in [-0.05, 0) is 24.1 Å². The van der Waals surface area contributed by atoms with Crippen molar-refractivity contribution in [2.45, 2.75) is 6.42 Å². The third-order valence-corrected chi connectivity index (χ3v) is 2.81. The summed E-state index contributed by atoms with van der Waals surface area (Å²) in [6.45, 7) is -0.123. The summed E-state index contributed by atoms with van der Waals surface area (Å²) in [5, 5.41) is 2.14. The van der Waals surface area contributed by atoms with Crippen LogP contribution in [0.5, 0.6) is 0 Å².